The smallest absolute Gasteiger partial charge is 0.144 e. The van der Waals surface area contributed by atoms with E-state index in [1.165, 1.54) is 0 Å². The first-order valence-corrected chi connectivity index (χ1v) is 6.80. The Kier molecular flexibility index (Phi) is 10.5. The fourth-order valence-electron chi connectivity index (χ4n) is 1.59. The van der Waals surface area contributed by atoms with Gasteiger partial charge in [-0.15, -0.1) is 0 Å². The van der Waals surface area contributed by atoms with Gasteiger partial charge in [0.15, 0.2) is 0 Å². The van der Waals surface area contributed by atoms with Gasteiger partial charge in [-0.25, -0.2) is 0 Å². The first kappa shape index (κ1) is 18.1. The van der Waals surface area contributed by atoms with Gasteiger partial charge in [0.1, 0.15) is 5.84 Å². The van der Waals surface area contributed by atoms with Crippen LogP contribution in [0.4, 0.5) is 0 Å². The number of methoxy groups -OCH3 is 1. The van der Waals surface area contributed by atoms with Gasteiger partial charge >= 0.3 is 0 Å². The standard InChI is InChI=1S/C13H29N3O3/c1-13(2,12(14)16-17)6-4-7-15-8-5-9-19-11-10-18-3/h15,17H,4-11H2,1-3H3,(H2,14,16). The molecule has 114 valence electrons. The van der Waals surface area contributed by atoms with E-state index < -0.39 is 0 Å². The lowest BCUT2D eigenvalue weighted by Gasteiger charge is -2.22. The van der Waals surface area contributed by atoms with Crippen LogP contribution in [0.2, 0.25) is 0 Å². The zero-order chi connectivity index (χ0) is 14.6. The van der Waals surface area contributed by atoms with Crippen LogP contribution < -0.4 is 11.1 Å². The van der Waals surface area contributed by atoms with Crippen LogP contribution in [-0.4, -0.2) is 51.1 Å². The topological polar surface area (TPSA) is 89.1 Å². The predicted octanol–water partition coefficient (Wildman–Crippen LogP) is 1.18. The molecule has 0 amide bonds. The van der Waals surface area contributed by atoms with Crippen molar-refractivity contribution in [1.82, 2.24) is 5.32 Å². The zero-order valence-corrected chi connectivity index (χ0v) is 12.4. The summed E-state index contributed by atoms with van der Waals surface area (Å²) in [6, 6.07) is 0. The molecule has 4 N–H and O–H groups in total. The molecule has 0 heterocycles. The third kappa shape index (κ3) is 9.69. The monoisotopic (exact) mass is 275 g/mol. The van der Waals surface area contributed by atoms with E-state index >= 15 is 0 Å². The van der Waals surface area contributed by atoms with Crippen LogP contribution in [0.1, 0.15) is 33.1 Å². The van der Waals surface area contributed by atoms with E-state index in [1.807, 2.05) is 13.8 Å². The number of nitrogens with zero attached hydrogens (tertiary/aromatic N) is 1. The third-order valence-corrected chi connectivity index (χ3v) is 3.03. The molecule has 19 heavy (non-hydrogen) atoms. The van der Waals surface area contributed by atoms with Crippen LogP contribution in [-0.2, 0) is 9.47 Å². The maximum absolute atomic E-state index is 8.66. The van der Waals surface area contributed by atoms with Crippen LogP contribution in [0, 0.1) is 5.41 Å². The Morgan fingerprint density at radius 3 is 2.53 bits per heavy atom. The number of nitrogens with one attached hydrogen (secondary N) is 1. The molecule has 0 aromatic rings. The van der Waals surface area contributed by atoms with E-state index in [-0.39, 0.29) is 5.41 Å². The van der Waals surface area contributed by atoms with Gasteiger partial charge < -0.3 is 25.7 Å². The number of rotatable bonds is 12. The Bertz CT molecular complexity index is 245. The molecule has 0 bridgehead atoms. The normalized spacial score (nSPS) is 12.9. The lowest BCUT2D eigenvalue weighted by atomic mass is 9.86. The van der Waals surface area contributed by atoms with Crippen LogP contribution in [0.15, 0.2) is 5.16 Å². The summed E-state index contributed by atoms with van der Waals surface area (Å²) in [7, 11) is 1.67. The van der Waals surface area contributed by atoms with Crippen molar-refractivity contribution >= 4 is 5.84 Å². The van der Waals surface area contributed by atoms with Gasteiger partial charge in [-0.05, 0) is 32.4 Å². The highest BCUT2D eigenvalue weighted by atomic mass is 16.5. The second-order valence-electron chi connectivity index (χ2n) is 5.18. The Labute approximate surface area is 116 Å². The number of amidine groups is 1. The van der Waals surface area contributed by atoms with E-state index in [0.29, 0.717) is 19.0 Å². The number of ether oxygens (including phenoxy) is 2. The fraction of sp³-hybridized carbons (Fsp3) is 0.923. The molecule has 0 aliphatic carbocycles. The Morgan fingerprint density at radius 2 is 1.89 bits per heavy atom. The minimum absolute atomic E-state index is 0.250. The fourth-order valence-corrected chi connectivity index (χ4v) is 1.59. The van der Waals surface area contributed by atoms with Gasteiger partial charge in [-0.2, -0.15) is 0 Å². The van der Waals surface area contributed by atoms with Gasteiger partial charge in [-0.3, -0.25) is 0 Å². The van der Waals surface area contributed by atoms with Gasteiger partial charge in [0.2, 0.25) is 0 Å². The molecule has 0 unspecified atom stereocenters. The molecule has 0 aromatic heterocycles. The second kappa shape index (κ2) is 11.0. The van der Waals surface area contributed by atoms with Crippen LogP contribution in [0.5, 0.6) is 0 Å². The molecule has 0 radical (unpaired) electrons. The average molecular weight is 275 g/mol. The SMILES string of the molecule is COCCOCCCNCCCC(C)(C)C(N)=NO. The lowest BCUT2D eigenvalue weighted by Crippen LogP contribution is -2.32. The number of oxime groups is 1. The maximum atomic E-state index is 8.66. The van der Waals surface area contributed by atoms with Gasteiger partial charge in [0.05, 0.1) is 13.2 Å². The molecular formula is C13H29N3O3. The van der Waals surface area contributed by atoms with E-state index in [0.717, 1.165) is 39.0 Å². The molecule has 0 saturated carbocycles. The maximum Gasteiger partial charge on any atom is 0.144 e. The van der Waals surface area contributed by atoms with Gasteiger partial charge in [-0.1, -0.05) is 19.0 Å². The number of hydrogen-bond donors (Lipinski definition) is 3. The second-order valence-corrected chi connectivity index (χ2v) is 5.18. The molecule has 6 nitrogen and oxygen atoms in total. The summed E-state index contributed by atoms with van der Waals surface area (Å²) in [6.07, 6.45) is 2.88. The van der Waals surface area contributed by atoms with Crippen LogP contribution in [0.3, 0.4) is 0 Å². The molecular weight excluding hydrogens is 246 g/mol. The van der Waals surface area contributed by atoms with Gasteiger partial charge in [0.25, 0.3) is 0 Å². The third-order valence-electron chi connectivity index (χ3n) is 3.03. The van der Waals surface area contributed by atoms with Crippen LogP contribution in [0.25, 0.3) is 0 Å². The summed E-state index contributed by atoms with van der Waals surface area (Å²) in [5.74, 6) is 0.291. The zero-order valence-electron chi connectivity index (χ0n) is 12.4. The molecule has 0 saturated heterocycles. The summed E-state index contributed by atoms with van der Waals surface area (Å²) in [5.41, 5.74) is 5.37. The highest BCUT2D eigenvalue weighted by Crippen LogP contribution is 2.21. The quantitative estimate of drug-likeness (QED) is 0.164. The minimum atomic E-state index is -0.250. The lowest BCUT2D eigenvalue weighted by molar-refractivity contribution is 0.0695. The largest absolute Gasteiger partial charge is 0.409 e. The minimum Gasteiger partial charge on any atom is -0.409 e. The Morgan fingerprint density at radius 1 is 1.21 bits per heavy atom. The van der Waals surface area contributed by atoms with E-state index in [2.05, 4.69) is 10.5 Å². The molecule has 0 spiro atoms. The highest BCUT2D eigenvalue weighted by molar-refractivity contribution is 5.85. The molecule has 0 rings (SSSR count). The molecule has 0 fully saturated rings. The van der Waals surface area contributed by atoms with E-state index in [4.69, 9.17) is 20.4 Å². The highest BCUT2D eigenvalue weighted by Gasteiger charge is 2.22. The Balaban J connectivity index is 3.36. The van der Waals surface area contributed by atoms with E-state index in [1.54, 1.807) is 7.11 Å². The van der Waals surface area contributed by atoms with Crippen molar-refractivity contribution in [3.05, 3.63) is 0 Å². The summed E-state index contributed by atoms with van der Waals surface area (Å²) in [4.78, 5) is 0. The molecule has 0 aliphatic heterocycles. The summed E-state index contributed by atoms with van der Waals surface area (Å²) in [5, 5.41) is 15.1. The van der Waals surface area contributed by atoms with Crippen molar-refractivity contribution < 1.29 is 14.7 Å². The first-order chi connectivity index (χ1) is 9.04. The molecule has 6 heteroatoms. The van der Waals surface area contributed by atoms with Crippen molar-refractivity contribution in [3.8, 4) is 0 Å². The summed E-state index contributed by atoms with van der Waals surface area (Å²) < 4.78 is 10.2. The Hall–Kier alpha value is -0.850. The van der Waals surface area contributed by atoms with Crippen molar-refractivity contribution in [1.29, 1.82) is 0 Å². The first-order valence-electron chi connectivity index (χ1n) is 6.80. The summed E-state index contributed by atoms with van der Waals surface area (Å²) in [6.45, 7) is 7.89. The van der Waals surface area contributed by atoms with Crippen molar-refractivity contribution in [2.75, 3.05) is 40.0 Å². The van der Waals surface area contributed by atoms with Crippen molar-refractivity contribution in [3.63, 3.8) is 0 Å². The van der Waals surface area contributed by atoms with Crippen LogP contribution >= 0.6 is 0 Å². The van der Waals surface area contributed by atoms with E-state index in [9.17, 15) is 0 Å². The average Bonchev–Trinajstić information content (AvgIpc) is 2.39. The van der Waals surface area contributed by atoms with Crippen molar-refractivity contribution in [2.24, 2.45) is 16.3 Å². The molecule has 0 aromatic carbocycles. The summed E-state index contributed by atoms with van der Waals surface area (Å²) >= 11 is 0. The molecule has 0 atom stereocenters. The van der Waals surface area contributed by atoms with Gasteiger partial charge in [0, 0.05) is 19.1 Å². The molecule has 0 aliphatic rings. The predicted molar refractivity (Wildman–Crippen MR) is 76.6 cm³/mol. The number of nitrogens with two attached hydrogens (primary N) is 1. The number of hydrogen-bond acceptors (Lipinski definition) is 5. The van der Waals surface area contributed by atoms with Crippen molar-refractivity contribution in [2.45, 2.75) is 33.1 Å².